The zero-order valence-electron chi connectivity index (χ0n) is 19.4. The van der Waals surface area contributed by atoms with E-state index < -0.39 is 5.97 Å². The lowest BCUT2D eigenvalue weighted by atomic mass is 9.91. The summed E-state index contributed by atoms with van der Waals surface area (Å²) in [5.74, 6) is 0.534. The molecule has 0 spiro atoms. The summed E-state index contributed by atoms with van der Waals surface area (Å²) in [6.45, 7) is 5.92. The van der Waals surface area contributed by atoms with Crippen molar-refractivity contribution in [1.29, 1.82) is 0 Å². The topological polar surface area (TPSA) is 63.6 Å². The van der Waals surface area contributed by atoms with Crippen LogP contribution in [0.25, 0.3) is 11.1 Å². The predicted molar refractivity (Wildman–Crippen MR) is 134 cm³/mol. The Morgan fingerprint density at radius 1 is 0.794 bits per heavy atom. The van der Waals surface area contributed by atoms with Gasteiger partial charge in [0.15, 0.2) is 0 Å². The highest BCUT2D eigenvalue weighted by atomic mass is 16.5. The quantitative estimate of drug-likeness (QED) is 0.198. The van der Waals surface area contributed by atoms with Crippen LogP contribution in [-0.4, -0.2) is 17.4 Å². The highest BCUT2D eigenvalue weighted by Gasteiger charge is 2.14. The van der Waals surface area contributed by atoms with Gasteiger partial charge in [0.25, 0.3) is 0 Å². The van der Waals surface area contributed by atoms with Gasteiger partial charge in [0.1, 0.15) is 17.8 Å². The lowest BCUT2D eigenvalue weighted by Crippen LogP contribution is -2.09. The fraction of sp³-hybridized carbons (Fsp3) is 0.133. The van der Waals surface area contributed by atoms with Crippen LogP contribution in [0.15, 0.2) is 84.9 Å². The van der Waals surface area contributed by atoms with E-state index in [-0.39, 0.29) is 5.92 Å². The molecule has 0 saturated heterocycles. The second-order valence-corrected chi connectivity index (χ2v) is 8.50. The minimum atomic E-state index is -0.416. The number of aryl methyl sites for hydroxylation is 2. The number of phenols is 1. The van der Waals surface area contributed by atoms with Crippen molar-refractivity contribution in [2.24, 2.45) is 0 Å². The zero-order valence-corrected chi connectivity index (χ0v) is 19.4. The number of rotatable bonds is 6. The summed E-state index contributed by atoms with van der Waals surface area (Å²) in [5.41, 5.74) is 6.94. The molecular formula is C30H26O4. The van der Waals surface area contributed by atoms with Gasteiger partial charge in [0.05, 0.1) is 5.56 Å². The van der Waals surface area contributed by atoms with Gasteiger partial charge in [-0.15, -0.1) is 0 Å². The van der Waals surface area contributed by atoms with Crippen molar-refractivity contribution >= 4 is 12.3 Å². The molecule has 1 N–H and O–H groups in total. The number of ether oxygens (including phenoxy) is 1. The van der Waals surface area contributed by atoms with E-state index in [1.165, 1.54) is 0 Å². The Morgan fingerprint density at radius 2 is 1.35 bits per heavy atom. The number of aromatic hydroxyl groups is 1. The average molecular weight is 451 g/mol. The van der Waals surface area contributed by atoms with Gasteiger partial charge in [-0.05, 0) is 71.5 Å². The first kappa shape index (κ1) is 23.0. The van der Waals surface area contributed by atoms with Crippen molar-refractivity contribution in [2.75, 3.05) is 0 Å². The van der Waals surface area contributed by atoms with Crippen LogP contribution in [0.4, 0.5) is 0 Å². The van der Waals surface area contributed by atoms with Gasteiger partial charge in [-0.1, -0.05) is 67.6 Å². The summed E-state index contributed by atoms with van der Waals surface area (Å²) in [6, 6.07) is 26.0. The first-order valence-electron chi connectivity index (χ1n) is 11.1. The summed E-state index contributed by atoms with van der Waals surface area (Å²) >= 11 is 0. The molecule has 0 aliphatic heterocycles. The molecule has 0 saturated carbocycles. The first-order valence-corrected chi connectivity index (χ1v) is 11.1. The maximum atomic E-state index is 12.7. The second-order valence-electron chi connectivity index (χ2n) is 8.50. The van der Waals surface area contributed by atoms with Crippen molar-refractivity contribution in [3.05, 3.63) is 118 Å². The molecule has 0 amide bonds. The fourth-order valence-electron chi connectivity index (χ4n) is 3.91. The van der Waals surface area contributed by atoms with Crippen LogP contribution in [0.5, 0.6) is 11.5 Å². The van der Waals surface area contributed by atoms with Crippen molar-refractivity contribution < 1.29 is 19.4 Å². The van der Waals surface area contributed by atoms with Gasteiger partial charge in [0, 0.05) is 11.5 Å². The van der Waals surface area contributed by atoms with Gasteiger partial charge in [0.2, 0.25) is 0 Å². The van der Waals surface area contributed by atoms with E-state index in [1.807, 2.05) is 68.4 Å². The highest BCUT2D eigenvalue weighted by molar-refractivity contribution is 5.92. The van der Waals surface area contributed by atoms with E-state index in [9.17, 15) is 14.7 Å². The highest BCUT2D eigenvalue weighted by Crippen LogP contribution is 2.31. The van der Waals surface area contributed by atoms with Crippen LogP contribution in [0.3, 0.4) is 0 Å². The van der Waals surface area contributed by atoms with Crippen molar-refractivity contribution in [2.45, 2.75) is 26.7 Å². The van der Waals surface area contributed by atoms with Crippen LogP contribution < -0.4 is 4.74 Å². The molecule has 1 atom stereocenters. The van der Waals surface area contributed by atoms with Gasteiger partial charge in [-0.25, -0.2) is 4.79 Å². The number of hydrogen-bond acceptors (Lipinski definition) is 4. The second kappa shape index (κ2) is 9.75. The third-order valence-electron chi connectivity index (χ3n) is 6.12. The summed E-state index contributed by atoms with van der Waals surface area (Å²) in [4.78, 5) is 23.6. The van der Waals surface area contributed by atoms with Gasteiger partial charge < -0.3 is 9.84 Å². The first-order chi connectivity index (χ1) is 16.4. The van der Waals surface area contributed by atoms with Crippen LogP contribution in [-0.2, 0) is 0 Å². The van der Waals surface area contributed by atoms with E-state index in [2.05, 4.69) is 6.92 Å². The molecule has 1 unspecified atom stereocenters. The SMILES string of the molecule is Cc1cc(C(C)c2ccc(OC(=O)c3ccc(-c4ccc(C=O)cc4)cc3)c(C)c2)ccc1O. The molecule has 34 heavy (non-hydrogen) atoms. The number of esters is 1. The van der Waals surface area contributed by atoms with Gasteiger partial charge in [-0.2, -0.15) is 0 Å². The molecule has 170 valence electrons. The summed E-state index contributed by atoms with van der Waals surface area (Å²) in [5, 5.41) is 9.79. The van der Waals surface area contributed by atoms with Gasteiger partial charge >= 0.3 is 5.97 Å². The zero-order chi connectivity index (χ0) is 24.2. The van der Waals surface area contributed by atoms with Crippen molar-refractivity contribution in [3.63, 3.8) is 0 Å². The summed E-state index contributed by atoms with van der Waals surface area (Å²) < 4.78 is 5.67. The minimum absolute atomic E-state index is 0.135. The van der Waals surface area contributed by atoms with Crippen LogP contribution in [0.2, 0.25) is 0 Å². The van der Waals surface area contributed by atoms with E-state index in [0.717, 1.165) is 39.7 Å². The molecule has 0 heterocycles. The summed E-state index contributed by atoms with van der Waals surface area (Å²) in [7, 11) is 0. The number of carbonyl (C=O) groups is 2. The monoisotopic (exact) mass is 450 g/mol. The van der Waals surface area contributed by atoms with E-state index >= 15 is 0 Å². The van der Waals surface area contributed by atoms with Crippen LogP contribution in [0, 0.1) is 13.8 Å². The fourth-order valence-corrected chi connectivity index (χ4v) is 3.91. The molecule has 4 heteroatoms. The Balaban J connectivity index is 1.47. The van der Waals surface area contributed by atoms with Crippen LogP contribution >= 0.6 is 0 Å². The molecule has 0 fully saturated rings. The number of phenolic OH excluding ortho intramolecular Hbond substituents is 1. The third-order valence-corrected chi connectivity index (χ3v) is 6.12. The van der Waals surface area contributed by atoms with E-state index in [0.29, 0.717) is 22.6 Å². The molecule has 4 aromatic carbocycles. The smallest absolute Gasteiger partial charge is 0.343 e. The number of carbonyl (C=O) groups excluding carboxylic acids is 2. The molecule has 0 aromatic heterocycles. The Morgan fingerprint density at radius 3 is 1.91 bits per heavy atom. The number of benzene rings is 4. The number of aldehydes is 1. The minimum Gasteiger partial charge on any atom is -0.508 e. The van der Waals surface area contributed by atoms with Gasteiger partial charge in [-0.3, -0.25) is 4.79 Å². The molecule has 4 rings (SSSR count). The Kier molecular flexibility index (Phi) is 6.60. The largest absolute Gasteiger partial charge is 0.508 e. The molecule has 0 bridgehead atoms. The maximum absolute atomic E-state index is 12.7. The van der Waals surface area contributed by atoms with Crippen molar-refractivity contribution in [3.8, 4) is 22.6 Å². The average Bonchev–Trinajstić information content (AvgIpc) is 2.86. The molecule has 4 aromatic rings. The van der Waals surface area contributed by atoms with Crippen LogP contribution in [0.1, 0.15) is 55.8 Å². The van der Waals surface area contributed by atoms with Crippen molar-refractivity contribution in [1.82, 2.24) is 0 Å². The molecule has 0 aliphatic carbocycles. The maximum Gasteiger partial charge on any atom is 0.343 e. The summed E-state index contributed by atoms with van der Waals surface area (Å²) in [6.07, 6.45) is 0.812. The molecule has 0 aliphatic rings. The molecule has 4 nitrogen and oxygen atoms in total. The standard InChI is InChI=1S/C30H26O4/c1-19-16-26(12-14-28(19)32)21(3)27-13-15-29(20(2)17-27)34-30(33)25-10-8-24(9-11-25)23-6-4-22(18-31)5-7-23/h4-18,21,32H,1-3H3. The lowest BCUT2D eigenvalue weighted by Gasteiger charge is -2.16. The predicted octanol–water partition coefficient (Wildman–Crippen LogP) is 6.86. The lowest BCUT2D eigenvalue weighted by molar-refractivity contribution is 0.0733. The number of hydrogen-bond donors (Lipinski definition) is 1. The van der Waals surface area contributed by atoms with E-state index in [1.54, 1.807) is 30.3 Å². The Labute approximate surface area is 199 Å². The molecular weight excluding hydrogens is 424 g/mol. The normalized spacial score (nSPS) is 11.6. The Bertz CT molecular complexity index is 1340. The van der Waals surface area contributed by atoms with E-state index in [4.69, 9.17) is 4.74 Å². The molecule has 0 radical (unpaired) electrons. The third kappa shape index (κ3) is 4.91. The Hall–Kier alpha value is -4.18.